The summed E-state index contributed by atoms with van der Waals surface area (Å²) in [6, 6.07) is 3.35. The van der Waals surface area contributed by atoms with Crippen molar-refractivity contribution in [1.82, 2.24) is 4.90 Å². The van der Waals surface area contributed by atoms with Crippen molar-refractivity contribution in [3.8, 4) is 11.5 Å². The van der Waals surface area contributed by atoms with Crippen molar-refractivity contribution in [3.63, 3.8) is 0 Å². The van der Waals surface area contributed by atoms with Crippen molar-refractivity contribution in [2.75, 3.05) is 13.1 Å². The van der Waals surface area contributed by atoms with Crippen LogP contribution in [-0.4, -0.2) is 34.0 Å². The highest BCUT2D eigenvalue weighted by Gasteiger charge is 2.38. The molecule has 1 aromatic carbocycles. The first-order chi connectivity index (χ1) is 9.95. The van der Waals surface area contributed by atoms with Crippen LogP contribution < -0.4 is 0 Å². The molecule has 1 unspecified atom stereocenters. The van der Waals surface area contributed by atoms with E-state index in [1.54, 1.807) is 12.1 Å². The molecular weight excluding hydrogens is 266 g/mol. The van der Waals surface area contributed by atoms with Gasteiger partial charge in [0.2, 0.25) is 0 Å². The maximum atomic E-state index is 12.4. The highest BCUT2D eigenvalue weighted by molar-refractivity contribution is 5.83. The van der Waals surface area contributed by atoms with Crippen molar-refractivity contribution in [3.05, 3.63) is 23.3 Å². The fourth-order valence-electron chi connectivity index (χ4n) is 3.75. The first kappa shape index (κ1) is 14.4. The number of carbonyl (C=O) groups is 1. The largest absolute Gasteiger partial charge is 0.504 e. The Morgan fingerprint density at radius 2 is 2.00 bits per heavy atom. The number of piperidine rings is 1. The lowest BCUT2D eigenvalue weighted by atomic mass is 9.80. The summed E-state index contributed by atoms with van der Waals surface area (Å²) in [6.07, 6.45) is 2.34. The van der Waals surface area contributed by atoms with Gasteiger partial charge in [0.05, 0.1) is 0 Å². The van der Waals surface area contributed by atoms with Crippen LogP contribution in [0.2, 0.25) is 0 Å². The Morgan fingerprint density at radius 1 is 1.29 bits per heavy atom. The summed E-state index contributed by atoms with van der Waals surface area (Å²) in [5.41, 5.74) is 2.06. The molecule has 4 nitrogen and oxygen atoms in total. The second-order valence-corrected chi connectivity index (χ2v) is 6.80. The summed E-state index contributed by atoms with van der Waals surface area (Å²) < 4.78 is 0. The van der Waals surface area contributed by atoms with Gasteiger partial charge in [0.15, 0.2) is 11.5 Å². The third kappa shape index (κ3) is 2.64. The van der Waals surface area contributed by atoms with E-state index in [0.717, 1.165) is 37.1 Å². The second-order valence-electron chi connectivity index (χ2n) is 6.80. The Balaban J connectivity index is 1.87. The van der Waals surface area contributed by atoms with Crippen LogP contribution in [0.4, 0.5) is 0 Å². The zero-order valence-corrected chi connectivity index (χ0v) is 12.7. The average Bonchev–Trinajstić information content (AvgIpc) is 2.41. The van der Waals surface area contributed by atoms with Gasteiger partial charge in [-0.05, 0) is 42.0 Å². The molecular formula is C17H23NO3. The number of rotatable bonds is 2. The molecule has 0 radical (unpaired) electrons. The van der Waals surface area contributed by atoms with E-state index in [0.29, 0.717) is 18.1 Å². The number of fused-ring (bicyclic) bond motifs is 3. The number of nitrogens with zero attached hydrogens (tertiary/aromatic N) is 1. The van der Waals surface area contributed by atoms with Gasteiger partial charge in [0.1, 0.15) is 5.78 Å². The molecule has 2 aliphatic rings. The predicted molar refractivity (Wildman–Crippen MR) is 80.4 cm³/mol. The van der Waals surface area contributed by atoms with Gasteiger partial charge in [-0.1, -0.05) is 13.8 Å². The van der Waals surface area contributed by atoms with Gasteiger partial charge in [-0.2, -0.15) is 0 Å². The summed E-state index contributed by atoms with van der Waals surface area (Å²) in [6.45, 7) is 6.06. The predicted octanol–water partition coefficient (Wildman–Crippen LogP) is 2.63. The van der Waals surface area contributed by atoms with Gasteiger partial charge in [0, 0.05) is 31.5 Å². The lowest BCUT2D eigenvalue weighted by molar-refractivity contribution is -0.129. The Labute approximate surface area is 125 Å². The minimum absolute atomic E-state index is 0.0659. The number of aromatic hydroxyl groups is 2. The van der Waals surface area contributed by atoms with Gasteiger partial charge < -0.3 is 10.2 Å². The van der Waals surface area contributed by atoms with E-state index < -0.39 is 0 Å². The molecule has 0 saturated carbocycles. The van der Waals surface area contributed by atoms with Crippen LogP contribution >= 0.6 is 0 Å². The molecule has 114 valence electrons. The summed E-state index contributed by atoms with van der Waals surface area (Å²) in [5.74, 6) is 0.863. The van der Waals surface area contributed by atoms with Crippen LogP contribution in [0.3, 0.4) is 0 Å². The number of benzene rings is 1. The molecule has 21 heavy (non-hydrogen) atoms. The first-order valence-electron chi connectivity index (χ1n) is 7.77. The molecule has 1 fully saturated rings. The monoisotopic (exact) mass is 289 g/mol. The molecule has 3 rings (SSSR count). The Morgan fingerprint density at radius 3 is 2.71 bits per heavy atom. The van der Waals surface area contributed by atoms with E-state index in [4.69, 9.17) is 0 Å². The van der Waals surface area contributed by atoms with Crippen LogP contribution in [0.1, 0.15) is 43.9 Å². The molecule has 2 heterocycles. The molecule has 0 spiro atoms. The molecule has 0 amide bonds. The summed E-state index contributed by atoms with van der Waals surface area (Å²) in [5, 5.41) is 19.4. The molecule has 2 N–H and O–H groups in total. The van der Waals surface area contributed by atoms with Crippen molar-refractivity contribution in [2.45, 2.75) is 39.2 Å². The lowest BCUT2D eigenvalue weighted by Gasteiger charge is -2.43. The average molecular weight is 289 g/mol. The smallest absolute Gasteiger partial charge is 0.157 e. The standard InChI is InChI=1S/C17H23NO3/c1-10(2)5-12-9-18-4-3-11-6-16(20)17(21)7-13(11)14(18)8-15(12)19/h6-7,10,12,14,20-21H,3-5,8-9H2,1-2H3/t12?,14-/m1/s1. The number of phenols is 2. The first-order valence-corrected chi connectivity index (χ1v) is 7.77. The molecule has 1 aromatic rings. The fraction of sp³-hybridized carbons (Fsp3) is 0.588. The quantitative estimate of drug-likeness (QED) is 0.822. The summed E-state index contributed by atoms with van der Waals surface area (Å²) in [7, 11) is 0. The fourth-order valence-corrected chi connectivity index (χ4v) is 3.75. The molecule has 2 aliphatic heterocycles. The van der Waals surface area contributed by atoms with E-state index in [-0.39, 0.29) is 23.5 Å². The SMILES string of the molecule is CC(C)CC1CN2CCc3cc(O)c(O)cc3[C@H]2CC1=O. The third-order valence-electron chi connectivity index (χ3n) is 4.77. The Bertz CT molecular complexity index is 567. The van der Waals surface area contributed by atoms with Gasteiger partial charge in [-0.25, -0.2) is 0 Å². The van der Waals surface area contributed by atoms with E-state index in [1.807, 2.05) is 0 Å². The van der Waals surface area contributed by atoms with Gasteiger partial charge >= 0.3 is 0 Å². The maximum Gasteiger partial charge on any atom is 0.157 e. The highest BCUT2D eigenvalue weighted by Crippen LogP contribution is 2.41. The summed E-state index contributed by atoms with van der Waals surface area (Å²) >= 11 is 0. The van der Waals surface area contributed by atoms with Crippen molar-refractivity contribution in [2.24, 2.45) is 11.8 Å². The maximum absolute atomic E-state index is 12.4. The van der Waals surface area contributed by atoms with Crippen molar-refractivity contribution >= 4 is 5.78 Å². The van der Waals surface area contributed by atoms with E-state index >= 15 is 0 Å². The number of phenolic OH excluding ortho intramolecular Hbond substituents is 2. The third-order valence-corrected chi connectivity index (χ3v) is 4.77. The van der Waals surface area contributed by atoms with Gasteiger partial charge in [0.25, 0.3) is 0 Å². The second kappa shape index (κ2) is 5.34. The van der Waals surface area contributed by atoms with Crippen LogP contribution in [-0.2, 0) is 11.2 Å². The van der Waals surface area contributed by atoms with Gasteiger partial charge in [-0.3, -0.25) is 9.69 Å². The normalized spacial score (nSPS) is 25.8. The van der Waals surface area contributed by atoms with Crippen LogP contribution in [0.25, 0.3) is 0 Å². The molecule has 0 aliphatic carbocycles. The zero-order chi connectivity index (χ0) is 15.1. The van der Waals surface area contributed by atoms with Crippen molar-refractivity contribution < 1.29 is 15.0 Å². The van der Waals surface area contributed by atoms with Crippen LogP contribution in [0.15, 0.2) is 12.1 Å². The number of ketones is 1. The minimum atomic E-state index is -0.0904. The molecule has 4 heteroatoms. The lowest BCUT2D eigenvalue weighted by Crippen LogP contribution is -2.46. The molecule has 0 aromatic heterocycles. The van der Waals surface area contributed by atoms with Crippen LogP contribution in [0.5, 0.6) is 11.5 Å². The number of Topliss-reactive ketones (excluding diaryl/α,β-unsaturated/α-hetero) is 1. The number of hydrogen-bond donors (Lipinski definition) is 2. The number of hydrogen-bond acceptors (Lipinski definition) is 4. The Hall–Kier alpha value is -1.55. The van der Waals surface area contributed by atoms with Gasteiger partial charge in [-0.15, -0.1) is 0 Å². The Kier molecular flexibility index (Phi) is 3.66. The molecule has 2 atom stereocenters. The van der Waals surface area contributed by atoms with E-state index in [2.05, 4.69) is 18.7 Å². The zero-order valence-electron chi connectivity index (χ0n) is 12.7. The van der Waals surface area contributed by atoms with E-state index in [9.17, 15) is 15.0 Å². The molecule has 1 saturated heterocycles. The topological polar surface area (TPSA) is 60.8 Å². The number of carbonyl (C=O) groups excluding carboxylic acids is 1. The van der Waals surface area contributed by atoms with Crippen molar-refractivity contribution in [1.29, 1.82) is 0 Å². The van der Waals surface area contributed by atoms with E-state index in [1.165, 1.54) is 0 Å². The molecule has 0 bridgehead atoms. The highest BCUT2D eigenvalue weighted by atomic mass is 16.3. The van der Waals surface area contributed by atoms with Crippen LogP contribution in [0, 0.1) is 11.8 Å². The summed E-state index contributed by atoms with van der Waals surface area (Å²) in [4.78, 5) is 14.8. The minimum Gasteiger partial charge on any atom is -0.504 e.